The van der Waals surface area contributed by atoms with Crippen molar-refractivity contribution < 1.29 is 9.13 Å². The second-order valence-electron chi connectivity index (χ2n) is 5.83. The Morgan fingerprint density at radius 2 is 2.11 bits per heavy atom. The molecular weight excluding hydrogens is 241 g/mol. The van der Waals surface area contributed by atoms with E-state index in [-0.39, 0.29) is 11.4 Å². The van der Waals surface area contributed by atoms with E-state index in [1.54, 1.807) is 19.2 Å². The molecule has 1 aromatic carbocycles. The Hall–Kier alpha value is -1.09. The Labute approximate surface area is 114 Å². The maximum atomic E-state index is 13.7. The molecule has 1 heterocycles. The molecule has 1 aromatic rings. The summed E-state index contributed by atoms with van der Waals surface area (Å²) in [5, 5.41) is 3.73. The first-order chi connectivity index (χ1) is 9.26. The van der Waals surface area contributed by atoms with Crippen molar-refractivity contribution in [1.29, 1.82) is 0 Å². The monoisotopic (exact) mass is 263 g/mol. The maximum absolute atomic E-state index is 13.7. The van der Waals surface area contributed by atoms with Gasteiger partial charge in [-0.3, -0.25) is 0 Å². The molecule has 0 spiro atoms. The van der Waals surface area contributed by atoms with Crippen LogP contribution in [0, 0.1) is 11.7 Å². The minimum atomic E-state index is -0.165. The van der Waals surface area contributed by atoms with Gasteiger partial charge < -0.3 is 10.1 Å². The van der Waals surface area contributed by atoms with Crippen molar-refractivity contribution in [2.45, 2.75) is 44.1 Å². The molecule has 2 fully saturated rings. The van der Waals surface area contributed by atoms with Crippen molar-refractivity contribution in [3.63, 3.8) is 0 Å². The van der Waals surface area contributed by atoms with Crippen molar-refractivity contribution in [2.75, 3.05) is 13.7 Å². The number of benzene rings is 1. The fraction of sp³-hybridized carbons (Fsp3) is 0.625. The molecule has 1 unspecified atom stereocenters. The Morgan fingerprint density at radius 1 is 1.26 bits per heavy atom. The molecule has 19 heavy (non-hydrogen) atoms. The summed E-state index contributed by atoms with van der Waals surface area (Å²) in [6.07, 6.45) is 7.27. The maximum Gasteiger partial charge on any atom is 0.124 e. The molecule has 1 aliphatic carbocycles. The first-order valence-corrected chi connectivity index (χ1v) is 7.35. The van der Waals surface area contributed by atoms with E-state index in [2.05, 4.69) is 5.32 Å². The average molecular weight is 263 g/mol. The number of methoxy groups -OCH3 is 1. The summed E-state index contributed by atoms with van der Waals surface area (Å²) in [6.45, 7) is 1.02. The van der Waals surface area contributed by atoms with E-state index >= 15 is 0 Å². The summed E-state index contributed by atoms with van der Waals surface area (Å²) in [5.74, 6) is 1.30. The minimum Gasteiger partial charge on any atom is -0.496 e. The van der Waals surface area contributed by atoms with Gasteiger partial charge >= 0.3 is 0 Å². The van der Waals surface area contributed by atoms with Crippen LogP contribution in [0.1, 0.15) is 44.1 Å². The quantitative estimate of drug-likeness (QED) is 0.899. The van der Waals surface area contributed by atoms with Crippen LogP contribution in [-0.4, -0.2) is 13.7 Å². The van der Waals surface area contributed by atoms with E-state index in [0.29, 0.717) is 5.92 Å². The fourth-order valence-corrected chi connectivity index (χ4v) is 3.51. The van der Waals surface area contributed by atoms with Crippen LogP contribution in [0.5, 0.6) is 5.75 Å². The standard InChI is InChI=1S/C16H22FNO/c1-19-15-8-7-13(17)11-14(15)16(12-5-6-12)9-3-2-4-10-18-16/h7-8,11-12,18H,2-6,9-10H2,1H3. The van der Waals surface area contributed by atoms with Crippen molar-refractivity contribution in [2.24, 2.45) is 5.92 Å². The molecule has 2 nitrogen and oxygen atoms in total. The van der Waals surface area contributed by atoms with Crippen LogP contribution < -0.4 is 10.1 Å². The van der Waals surface area contributed by atoms with Gasteiger partial charge in [0.05, 0.1) is 12.6 Å². The van der Waals surface area contributed by atoms with Crippen LogP contribution in [0.25, 0.3) is 0 Å². The molecule has 0 radical (unpaired) electrons. The summed E-state index contributed by atoms with van der Waals surface area (Å²) >= 11 is 0. The van der Waals surface area contributed by atoms with Crippen molar-refractivity contribution in [3.8, 4) is 5.75 Å². The number of ether oxygens (including phenoxy) is 1. The first kappa shape index (κ1) is 12.9. The van der Waals surface area contributed by atoms with Crippen LogP contribution in [-0.2, 0) is 5.54 Å². The van der Waals surface area contributed by atoms with Crippen LogP contribution >= 0.6 is 0 Å². The Bertz CT molecular complexity index is 448. The van der Waals surface area contributed by atoms with E-state index in [9.17, 15) is 4.39 Å². The summed E-state index contributed by atoms with van der Waals surface area (Å²) < 4.78 is 19.2. The molecular formula is C16H22FNO. The topological polar surface area (TPSA) is 21.3 Å². The molecule has 0 bridgehead atoms. The van der Waals surface area contributed by atoms with E-state index in [1.165, 1.54) is 38.2 Å². The van der Waals surface area contributed by atoms with Gasteiger partial charge in [0.2, 0.25) is 0 Å². The molecule has 1 aliphatic heterocycles. The Balaban J connectivity index is 2.05. The van der Waals surface area contributed by atoms with Gasteiger partial charge in [-0.1, -0.05) is 12.8 Å². The summed E-state index contributed by atoms with van der Waals surface area (Å²) in [4.78, 5) is 0. The van der Waals surface area contributed by atoms with Gasteiger partial charge in [0.15, 0.2) is 0 Å². The molecule has 0 amide bonds. The lowest BCUT2D eigenvalue weighted by atomic mass is 9.80. The smallest absolute Gasteiger partial charge is 0.124 e. The van der Waals surface area contributed by atoms with Gasteiger partial charge in [-0.2, -0.15) is 0 Å². The molecule has 3 rings (SSSR count). The largest absolute Gasteiger partial charge is 0.496 e. The highest BCUT2D eigenvalue weighted by molar-refractivity contribution is 5.41. The highest BCUT2D eigenvalue weighted by atomic mass is 19.1. The first-order valence-electron chi connectivity index (χ1n) is 7.35. The number of nitrogens with one attached hydrogen (secondary N) is 1. The molecule has 0 aromatic heterocycles. The predicted molar refractivity (Wildman–Crippen MR) is 73.8 cm³/mol. The molecule has 1 N–H and O–H groups in total. The normalized spacial score (nSPS) is 27.9. The molecule has 104 valence electrons. The molecule has 1 saturated carbocycles. The SMILES string of the molecule is COc1ccc(F)cc1C1(C2CC2)CCCCCN1. The number of hydrogen-bond acceptors (Lipinski definition) is 2. The Kier molecular flexibility index (Phi) is 3.48. The van der Waals surface area contributed by atoms with Gasteiger partial charge in [0.1, 0.15) is 11.6 Å². The third kappa shape index (κ3) is 2.36. The third-order valence-electron chi connectivity index (χ3n) is 4.60. The molecule has 3 heteroatoms. The molecule has 1 saturated heterocycles. The fourth-order valence-electron chi connectivity index (χ4n) is 3.51. The lowest BCUT2D eigenvalue weighted by molar-refractivity contribution is 0.265. The highest BCUT2D eigenvalue weighted by Crippen LogP contribution is 2.51. The van der Waals surface area contributed by atoms with Crippen LogP contribution in [0.15, 0.2) is 18.2 Å². The van der Waals surface area contributed by atoms with Gasteiger partial charge in [0.25, 0.3) is 0 Å². The number of hydrogen-bond donors (Lipinski definition) is 1. The van der Waals surface area contributed by atoms with E-state index in [1.807, 2.05) is 0 Å². The summed E-state index contributed by atoms with van der Waals surface area (Å²) in [6, 6.07) is 4.93. The number of rotatable bonds is 3. The second kappa shape index (κ2) is 5.12. The zero-order chi connectivity index (χ0) is 13.3. The summed E-state index contributed by atoms with van der Waals surface area (Å²) in [7, 11) is 1.67. The van der Waals surface area contributed by atoms with E-state index < -0.39 is 0 Å². The van der Waals surface area contributed by atoms with Crippen LogP contribution in [0.2, 0.25) is 0 Å². The van der Waals surface area contributed by atoms with Gasteiger partial charge in [-0.05, 0) is 56.3 Å². The number of halogens is 1. The average Bonchev–Trinajstić information content (AvgIpc) is 3.25. The molecule has 1 atom stereocenters. The van der Waals surface area contributed by atoms with E-state index in [0.717, 1.165) is 24.3 Å². The van der Waals surface area contributed by atoms with Crippen LogP contribution in [0.4, 0.5) is 4.39 Å². The van der Waals surface area contributed by atoms with Crippen molar-refractivity contribution in [1.82, 2.24) is 5.32 Å². The highest BCUT2D eigenvalue weighted by Gasteiger charge is 2.47. The predicted octanol–water partition coefficient (Wildman–Crippen LogP) is 3.60. The van der Waals surface area contributed by atoms with Crippen molar-refractivity contribution >= 4 is 0 Å². The van der Waals surface area contributed by atoms with Gasteiger partial charge in [0, 0.05) is 5.56 Å². The Morgan fingerprint density at radius 3 is 2.84 bits per heavy atom. The van der Waals surface area contributed by atoms with Crippen LogP contribution in [0.3, 0.4) is 0 Å². The van der Waals surface area contributed by atoms with Gasteiger partial charge in [-0.15, -0.1) is 0 Å². The summed E-state index contributed by atoms with van der Waals surface area (Å²) in [5.41, 5.74) is 0.962. The van der Waals surface area contributed by atoms with Crippen molar-refractivity contribution in [3.05, 3.63) is 29.6 Å². The van der Waals surface area contributed by atoms with E-state index in [4.69, 9.17) is 4.74 Å². The zero-order valence-electron chi connectivity index (χ0n) is 11.5. The minimum absolute atomic E-state index is 0.0655. The molecule has 2 aliphatic rings. The third-order valence-corrected chi connectivity index (χ3v) is 4.60. The lowest BCUT2D eigenvalue weighted by Gasteiger charge is -2.36. The zero-order valence-corrected chi connectivity index (χ0v) is 11.5. The lowest BCUT2D eigenvalue weighted by Crippen LogP contribution is -2.44. The van der Waals surface area contributed by atoms with Gasteiger partial charge in [-0.25, -0.2) is 4.39 Å². The second-order valence-corrected chi connectivity index (χ2v) is 5.83.